The largest absolute Gasteiger partial charge is 0.388 e. The fraction of sp³-hybridized carbons (Fsp3) is 0.500. The first-order valence-corrected chi connectivity index (χ1v) is 5.17. The maximum Gasteiger partial charge on any atom is 0.0805 e. The van der Waals surface area contributed by atoms with E-state index in [4.69, 9.17) is 0 Å². The van der Waals surface area contributed by atoms with Gasteiger partial charge in [0.15, 0.2) is 0 Å². The smallest absolute Gasteiger partial charge is 0.0805 e. The molecule has 1 aromatic rings. The maximum atomic E-state index is 9.95. The lowest BCUT2D eigenvalue weighted by atomic mass is 9.95. The third-order valence-electron chi connectivity index (χ3n) is 2.91. The quantitative estimate of drug-likeness (QED) is 0.655. The molecule has 2 N–H and O–H groups in total. The lowest BCUT2D eigenvalue weighted by Crippen LogP contribution is -2.13. The third kappa shape index (κ3) is 1.68. The van der Waals surface area contributed by atoms with Crippen LogP contribution in [-0.2, 0) is 6.54 Å². The van der Waals surface area contributed by atoms with Crippen molar-refractivity contribution in [1.82, 2.24) is 5.32 Å². The lowest BCUT2D eigenvalue weighted by Gasteiger charge is -2.14. The minimum atomic E-state index is -0.293. The monoisotopic (exact) mass is 191 g/mol. The van der Waals surface area contributed by atoms with Gasteiger partial charge in [-0.25, -0.2) is 0 Å². The van der Waals surface area contributed by atoms with Gasteiger partial charge in [0.05, 0.1) is 6.10 Å². The van der Waals surface area contributed by atoms with Gasteiger partial charge >= 0.3 is 0 Å². The van der Waals surface area contributed by atoms with Crippen molar-refractivity contribution in [2.45, 2.75) is 32.9 Å². The van der Waals surface area contributed by atoms with Gasteiger partial charge < -0.3 is 10.4 Å². The first kappa shape index (κ1) is 9.69. The molecule has 1 aliphatic rings. The number of hydrogen-bond donors (Lipinski definition) is 2. The average molecular weight is 191 g/mol. The number of fused-ring (bicyclic) bond motifs is 1. The number of hydrogen-bond acceptors (Lipinski definition) is 2. The Bertz CT molecular complexity index is 346. The van der Waals surface area contributed by atoms with Crippen LogP contribution in [0.5, 0.6) is 0 Å². The van der Waals surface area contributed by atoms with Crippen LogP contribution in [-0.4, -0.2) is 11.7 Å². The predicted octanol–water partition coefficient (Wildman–Crippen LogP) is 1.83. The number of aliphatic hydroxyl groups excluding tert-OH is 1. The Morgan fingerprint density at radius 3 is 2.93 bits per heavy atom. The third-order valence-corrected chi connectivity index (χ3v) is 2.91. The van der Waals surface area contributed by atoms with E-state index in [-0.39, 0.29) is 6.10 Å². The first-order chi connectivity index (χ1) is 6.68. The molecule has 1 aromatic carbocycles. The molecule has 1 aliphatic heterocycles. The average Bonchev–Trinajstić information content (AvgIpc) is 2.29. The Balaban J connectivity index is 2.53. The number of nitrogens with one attached hydrogen (secondary N) is 1. The zero-order valence-electron chi connectivity index (χ0n) is 8.80. The van der Waals surface area contributed by atoms with Crippen molar-refractivity contribution in [3.05, 3.63) is 34.4 Å². The van der Waals surface area contributed by atoms with Crippen LogP contribution in [0.3, 0.4) is 0 Å². The Morgan fingerprint density at radius 1 is 1.36 bits per heavy atom. The fourth-order valence-corrected chi connectivity index (χ4v) is 2.18. The number of aliphatic hydroxyl groups is 1. The molecule has 0 aromatic heterocycles. The molecule has 14 heavy (non-hydrogen) atoms. The SMILES string of the molecule is Cc1cc(C)c2c(c1)[C@H](O)CCNC2. The van der Waals surface area contributed by atoms with E-state index in [1.54, 1.807) is 0 Å². The van der Waals surface area contributed by atoms with Crippen LogP contribution in [0, 0.1) is 13.8 Å². The Hall–Kier alpha value is -0.860. The van der Waals surface area contributed by atoms with E-state index in [0.29, 0.717) is 0 Å². The second kappa shape index (κ2) is 3.71. The number of benzene rings is 1. The molecule has 76 valence electrons. The van der Waals surface area contributed by atoms with Crippen LogP contribution < -0.4 is 5.32 Å². The molecular weight excluding hydrogens is 174 g/mol. The molecule has 0 unspecified atom stereocenters. The number of rotatable bonds is 0. The summed E-state index contributed by atoms with van der Waals surface area (Å²) in [6.07, 6.45) is 0.522. The second-order valence-electron chi connectivity index (χ2n) is 4.13. The molecule has 2 rings (SSSR count). The summed E-state index contributed by atoms with van der Waals surface area (Å²) < 4.78 is 0. The topological polar surface area (TPSA) is 32.3 Å². The molecule has 1 heterocycles. The minimum Gasteiger partial charge on any atom is -0.388 e. The van der Waals surface area contributed by atoms with Crippen molar-refractivity contribution in [3.8, 4) is 0 Å². The van der Waals surface area contributed by atoms with Gasteiger partial charge in [0.1, 0.15) is 0 Å². The minimum absolute atomic E-state index is 0.293. The Labute approximate surface area is 85.0 Å². The van der Waals surface area contributed by atoms with Crippen molar-refractivity contribution in [1.29, 1.82) is 0 Å². The molecular formula is C12H17NO. The fourth-order valence-electron chi connectivity index (χ4n) is 2.18. The Kier molecular flexibility index (Phi) is 2.57. The van der Waals surface area contributed by atoms with Crippen molar-refractivity contribution >= 4 is 0 Å². The van der Waals surface area contributed by atoms with Crippen LogP contribution in [0.2, 0.25) is 0 Å². The highest BCUT2D eigenvalue weighted by Crippen LogP contribution is 2.27. The van der Waals surface area contributed by atoms with Gasteiger partial charge in [0, 0.05) is 6.54 Å². The molecule has 0 saturated heterocycles. The molecule has 0 fully saturated rings. The van der Waals surface area contributed by atoms with Gasteiger partial charge in [-0.2, -0.15) is 0 Å². The van der Waals surface area contributed by atoms with Gasteiger partial charge in [-0.1, -0.05) is 17.7 Å². The highest BCUT2D eigenvalue weighted by atomic mass is 16.3. The first-order valence-electron chi connectivity index (χ1n) is 5.17. The molecule has 0 amide bonds. The van der Waals surface area contributed by atoms with Crippen molar-refractivity contribution in [2.75, 3.05) is 6.54 Å². The van der Waals surface area contributed by atoms with E-state index in [2.05, 4.69) is 31.3 Å². The zero-order valence-corrected chi connectivity index (χ0v) is 8.80. The summed E-state index contributed by atoms with van der Waals surface area (Å²) in [6, 6.07) is 4.29. The van der Waals surface area contributed by atoms with E-state index in [1.807, 2.05) is 0 Å². The highest BCUT2D eigenvalue weighted by molar-refractivity contribution is 5.40. The molecule has 0 radical (unpaired) electrons. The zero-order chi connectivity index (χ0) is 10.1. The lowest BCUT2D eigenvalue weighted by molar-refractivity contribution is 0.170. The molecule has 0 bridgehead atoms. The molecule has 0 saturated carbocycles. The van der Waals surface area contributed by atoms with Crippen LogP contribution in [0.1, 0.15) is 34.8 Å². The predicted molar refractivity (Wildman–Crippen MR) is 57.2 cm³/mol. The molecule has 0 aliphatic carbocycles. The summed E-state index contributed by atoms with van der Waals surface area (Å²) in [5, 5.41) is 13.3. The highest BCUT2D eigenvalue weighted by Gasteiger charge is 2.17. The van der Waals surface area contributed by atoms with Crippen LogP contribution in [0.4, 0.5) is 0 Å². The van der Waals surface area contributed by atoms with Crippen molar-refractivity contribution < 1.29 is 5.11 Å². The van der Waals surface area contributed by atoms with Crippen molar-refractivity contribution in [2.24, 2.45) is 0 Å². The maximum absolute atomic E-state index is 9.95. The van der Waals surface area contributed by atoms with Gasteiger partial charge in [0.2, 0.25) is 0 Å². The van der Waals surface area contributed by atoms with E-state index < -0.39 is 0 Å². The van der Waals surface area contributed by atoms with Crippen molar-refractivity contribution in [3.63, 3.8) is 0 Å². The van der Waals surface area contributed by atoms with E-state index in [1.165, 1.54) is 16.7 Å². The van der Waals surface area contributed by atoms with Gasteiger partial charge in [-0.05, 0) is 43.5 Å². The normalized spacial score (nSPS) is 21.5. The summed E-state index contributed by atoms with van der Waals surface area (Å²) in [5.74, 6) is 0. The van der Waals surface area contributed by atoms with Gasteiger partial charge in [-0.3, -0.25) is 0 Å². The van der Waals surface area contributed by atoms with Crippen LogP contribution in [0.15, 0.2) is 12.1 Å². The summed E-state index contributed by atoms with van der Waals surface area (Å²) in [7, 11) is 0. The summed E-state index contributed by atoms with van der Waals surface area (Å²) in [5.41, 5.74) is 4.92. The van der Waals surface area contributed by atoms with Gasteiger partial charge in [0.25, 0.3) is 0 Å². The standard InChI is InChI=1S/C12H17NO/c1-8-5-9(2)11-7-13-4-3-12(14)10(11)6-8/h5-6,12-14H,3-4,7H2,1-2H3/t12-/m1/s1. The summed E-state index contributed by atoms with van der Waals surface area (Å²) in [4.78, 5) is 0. The Morgan fingerprint density at radius 2 is 2.14 bits per heavy atom. The van der Waals surface area contributed by atoms with E-state index in [9.17, 15) is 5.11 Å². The molecule has 0 spiro atoms. The van der Waals surface area contributed by atoms with E-state index >= 15 is 0 Å². The summed E-state index contributed by atoms with van der Waals surface area (Å²) in [6.45, 7) is 5.98. The van der Waals surface area contributed by atoms with E-state index in [0.717, 1.165) is 25.1 Å². The number of aryl methyl sites for hydroxylation is 2. The summed E-state index contributed by atoms with van der Waals surface area (Å²) >= 11 is 0. The van der Waals surface area contributed by atoms with Crippen LogP contribution >= 0.6 is 0 Å². The van der Waals surface area contributed by atoms with Crippen LogP contribution in [0.25, 0.3) is 0 Å². The molecule has 2 nitrogen and oxygen atoms in total. The second-order valence-corrected chi connectivity index (χ2v) is 4.13. The molecule has 2 heteroatoms. The van der Waals surface area contributed by atoms with Gasteiger partial charge in [-0.15, -0.1) is 0 Å². The molecule has 1 atom stereocenters.